The maximum Gasteiger partial charge on any atom is 0.243 e. The summed E-state index contributed by atoms with van der Waals surface area (Å²) in [6, 6.07) is 13.7. The summed E-state index contributed by atoms with van der Waals surface area (Å²) in [6.07, 6.45) is 3.70. The van der Waals surface area contributed by atoms with E-state index in [4.69, 9.17) is 17.2 Å². The van der Waals surface area contributed by atoms with E-state index in [0.717, 1.165) is 11.1 Å². The molecule has 1 heterocycles. The molecule has 2 aromatic carbocycles. The molecular weight excluding hydrogens is 604 g/mol. The molecule has 15 nitrogen and oxygen atoms in total. The van der Waals surface area contributed by atoms with Gasteiger partial charge in [-0.25, -0.2) is 4.98 Å². The molecule has 0 fully saturated rings. The number of hydrogen-bond donors (Lipinski definition) is 8. The van der Waals surface area contributed by atoms with Gasteiger partial charge in [0.05, 0.1) is 6.33 Å². The van der Waals surface area contributed by atoms with Gasteiger partial charge in [0.15, 0.2) is 5.96 Å². The largest absolute Gasteiger partial charge is 0.370 e. The van der Waals surface area contributed by atoms with Crippen molar-refractivity contribution in [1.29, 1.82) is 0 Å². The number of imidazole rings is 1. The fraction of sp³-hybridized carbons (Fsp3) is 0.344. The number of hydrogen-bond acceptors (Lipinski definition) is 7. The van der Waals surface area contributed by atoms with Gasteiger partial charge in [0.2, 0.25) is 29.5 Å². The molecule has 3 aromatic rings. The Hall–Kier alpha value is -5.73. The molecule has 0 bridgehead atoms. The van der Waals surface area contributed by atoms with Crippen LogP contribution in [0.5, 0.6) is 0 Å². The third-order valence-corrected chi connectivity index (χ3v) is 7.11. The molecule has 15 heteroatoms. The highest BCUT2D eigenvalue weighted by Gasteiger charge is 2.31. The molecule has 5 amide bonds. The fourth-order valence-electron chi connectivity index (χ4n) is 4.79. The average molecular weight is 647 g/mol. The zero-order chi connectivity index (χ0) is 34.2. The fourth-order valence-corrected chi connectivity index (χ4v) is 4.79. The minimum atomic E-state index is -1.15. The number of rotatable bonds is 18. The number of carbonyl (C=O) groups excluding carboxylic acids is 5. The lowest BCUT2D eigenvalue weighted by atomic mass is 10.0. The highest BCUT2D eigenvalue weighted by atomic mass is 16.2. The standard InChI is InChI=1S/C32H42N10O5/c1-20(43)39-27(17-23-18-36-19-38-23)31(47)42-26(16-22-11-6-3-7-12-22)30(46)40-24(13-8-14-37-32(34)35)29(45)41-25(28(33)44)15-21-9-4-2-5-10-21/h2-7,9-12,18-19,24-27H,8,13-17H2,1H3,(H2,33,44)(H,36,38)(H,39,43)(H,40,46)(H,41,45)(H,42,47)(H4,34,35,37)/t24-,25-,26+,27-/m0/s1. The van der Waals surface area contributed by atoms with Crippen molar-refractivity contribution in [3.63, 3.8) is 0 Å². The van der Waals surface area contributed by atoms with E-state index in [1.54, 1.807) is 48.5 Å². The Morgan fingerprint density at radius 2 is 1.23 bits per heavy atom. The number of H-pyrrole nitrogens is 1. The molecule has 0 aliphatic rings. The van der Waals surface area contributed by atoms with Crippen molar-refractivity contribution < 1.29 is 24.0 Å². The second-order valence-electron chi connectivity index (χ2n) is 10.9. The average Bonchev–Trinajstić information content (AvgIpc) is 3.55. The minimum absolute atomic E-state index is 0.0789. The smallest absolute Gasteiger partial charge is 0.243 e. The number of primary amides is 1. The summed E-state index contributed by atoms with van der Waals surface area (Å²) in [6.45, 7) is 1.46. The second-order valence-corrected chi connectivity index (χ2v) is 10.9. The monoisotopic (exact) mass is 646 g/mol. The Morgan fingerprint density at radius 3 is 1.74 bits per heavy atom. The SMILES string of the molecule is CC(=O)N[C@@H](Cc1cnc[nH]1)C(=O)N[C@H](Cc1ccccc1)C(=O)N[C@@H](CCCN=C(N)N)C(=O)N[C@@H](Cc1ccccc1)C(N)=O. The first kappa shape index (κ1) is 35.7. The van der Waals surface area contributed by atoms with Crippen LogP contribution >= 0.6 is 0 Å². The van der Waals surface area contributed by atoms with Crippen molar-refractivity contribution in [1.82, 2.24) is 31.2 Å². The first-order valence-corrected chi connectivity index (χ1v) is 15.1. The van der Waals surface area contributed by atoms with E-state index in [-0.39, 0.29) is 38.2 Å². The number of nitrogens with zero attached hydrogens (tertiary/aromatic N) is 2. The zero-order valence-electron chi connectivity index (χ0n) is 26.1. The Balaban J connectivity index is 1.83. The molecule has 4 atom stereocenters. The van der Waals surface area contributed by atoms with Crippen molar-refractivity contribution in [2.75, 3.05) is 6.54 Å². The molecule has 0 spiro atoms. The van der Waals surface area contributed by atoms with E-state index < -0.39 is 53.7 Å². The topological polar surface area (TPSA) is 253 Å². The molecule has 0 aliphatic heterocycles. The van der Waals surface area contributed by atoms with Crippen molar-refractivity contribution in [3.8, 4) is 0 Å². The molecule has 0 saturated carbocycles. The lowest BCUT2D eigenvalue weighted by Gasteiger charge is -2.26. The van der Waals surface area contributed by atoms with Gasteiger partial charge in [0, 0.05) is 44.6 Å². The van der Waals surface area contributed by atoms with Gasteiger partial charge in [0.1, 0.15) is 24.2 Å². The van der Waals surface area contributed by atoms with Crippen LogP contribution in [0, 0.1) is 0 Å². The number of aromatic amines is 1. The van der Waals surface area contributed by atoms with Crippen LogP contribution in [0.2, 0.25) is 0 Å². The summed E-state index contributed by atoms with van der Waals surface area (Å²) in [5, 5.41) is 10.7. The second kappa shape index (κ2) is 18.3. The normalized spacial score (nSPS) is 13.2. The van der Waals surface area contributed by atoms with E-state index in [9.17, 15) is 24.0 Å². The van der Waals surface area contributed by atoms with Crippen molar-refractivity contribution in [2.45, 2.75) is 63.2 Å². The highest BCUT2D eigenvalue weighted by Crippen LogP contribution is 2.09. The maximum atomic E-state index is 13.8. The molecule has 0 aliphatic carbocycles. The van der Waals surface area contributed by atoms with Gasteiger partial charge < -0.3 is 43.5 Å². The summed E-state index contributed by atoms with van der Waals surface area (Å²) in [7, 11) is 0. The van der Waals surface area contributed by atoms with Crippen molar-refractivity contribution >= 4 is 35.5 Å². The number of amides is 5. The van der Waals surface area contributed by atoms with Crippen LogP contribution < -0.4 is 38.5 Å². The van der Waals surface area contributed by atoms with Gasteiger partial charge in [-0.05, 0) is 24.0 Å². The first-order chi connectivity index (χ1) is 22.5. The van der Waals surface area contributed by atoms with Gasteiger partial charge in [-0.3, -0.25) is 29.0 Å². The highest BCUT2D eigenvalue weighted by molar-refractivity contribution is 5.95. The summed E-state index contributed by atoms with van der Waals surface area (Å²) in [5.74, 6) is -3.24. The Bertz CT molecular complexity index is 1490. The zero-order valence-corrected chi connectivity index (χ0v) is 26.1. The Kier molecular flexibility index (Phi) is 13.9. The van der Waals surface area contributed by atoms with E-state index in [1.807, 2.05) is 12.1 Å². The van der Waals surface area contributed by atoms with E-state index in [0.29, 0.717) is 12.1 Å². The van der Waals surface area contributed by atoms with Crippen LogP contribution in [-0.2, 0) is 43.2 Å². The summed E-state index contributed by atoms with van der Waals surface area (Å²) < 4.78 is 0. The molecule has 0 radical (unpaired) electrons. The number of guanidine groups is 1. The predicted molar refractivity (Wildman–Crippen MR) is 175 cm³/mol. The third kappa shape index (κ3) is 12.7. The van der Waals surface area contributed by atoms with Gasteiger partial charge in [-0.1, -0.05) is 60.7 Å². The van der Waals surface area contributed by atoms with Gasteiger partial charge in [0.25, 0.3) is 0 Å². The molecule has 0 unspecified atom stereocenters. The summed E-state index contributed by atoms with van der Waals surface area (Å²) >= 11 is 0. The van der Waals surface area contributed by atoms with E-state index in [1.165, 1.54) is 19.4 Å². The molecule has 250 valence electrons. The van der Waals surface area contributed by atoms with Crippen LogP contribution in [0.15, 0.2) is 78.2 Å². The molecule has 0 saturated heterocycles. The van der Waals surface area contributed by atoms with Crippen LogP contribution in [0.4, 0.5) is 0 Å². The predicted octanol–water partition coefficient (Wildman–Crippen LogP) is -1.06. The quantitative estimate of drug-likeness (QED) is 0.0479. The first-order valence-electron chi connectivity index (χ1n) is 15.1. The molecule has 1 aromatic heterocycles. The minimum Gasteiger partial charge on any atom is -0.370 e. The van der Waals surface area contributed by atoms with Crippen LogP contribution in [-0.4, -0.2) is 76.2 Å². The third-order valence-electron chi connectivity index (χ3n) is 7.11. The van der Waals surface area contributed by atoms with Crippen LogP contribution in [0.3, 0.4) is 0 Å². The number of aromatic nitrogens is 2. The lowest BCUT2D eigenvalue weighted by Crippen LogP contribution is -2.59. The van der Waals surface area contributed by atoms with Gasteiger partial charge in [-0.15, -0.1) is 0 Å². The number of carbonyl (C=O) groups is 5. The Labute approximate surface area is 272 Å². The van der Waals surface area contributed by atoms with E-state index >= 15 is 0 Å². The maximum absolute atomic E-state index is 13.8. The number of benzene rings is 2. The number of aliphatic imine (C=N–C) groups is 1. The molecular formula is C32H42N10O5. The van der Waals surface area contributed by atoms with Crippen LogP contribution in [0.1, 0.15) is 36.6 Å². The molecule has 3 rings (SSSR count). The van der Waals surface area contributed by atoms with Gasteiger partial charge >= 0.3 is 0 Å². The molecule has 47 heavy (non-hydrogen) atoms. The Morgan fingerprint density at radius 1 is 0.723 bits per heavy atom. The number of nitrogens with two attached hydrogens (primary N) is 3. The van der Waals surface area contributed by atoms with Gasteiger partial charge in [-0.2, -0.15) is 0 Å². The summed E-state index contributed by atoms with van der Waals surface area (Å²) in [5.41, 5.74) is 18.6. The lowest BCUT2D eigenvalue weighted by molar-refractivity contribution is -0.134. The number of nitrogens with one attached hydrogen (secondary N) is 5. The van der Waals surface area contributed by atoms with Crippen LogP contribution in [0.25, 0.3) is 0 Å². The summed E-state index contributed by atoms with van der Waals surface area (Å²) in [4.78, 5) is 75.9. The van der Waals surface area contributed by atoms with Crippen molar-refractivity contribution in [3.05, 3.63) is 90.0 Å². The van der Waals surface area contributed by atoms with Crippen molar-refractivity contribution in [2.24, 2.45) is 22.2 Å². The molecule has 11 N–H and O–H groups in total. The van der Waals surface area contributed by atoms with E-state index in [2.05, 4.69) is 36.2 Å².